The molecule has 0 N–H and O–H groups in total. The summed E-state index contributed by atoms with van der Waals surface area (Å²) in [4.78, 5) is 21.3. The molecule has 0 unspecified atom stereocenters. The molecule has 5 heteroatoms. The maximum absolute atomic E-state index is 10.7. The van der Waals surface area contributed by atoms with Gasteiger partial charge in [-0.1, -0.05) is 0 Å². The molecular formula is C6H7N2O3-. The predicted molar refractivity (Wildman–Crippen MR) is 33.0 cm³/mol. The Labute approximate surface area is 63.8 Å². The number of imide groups is 1. The maximum atomic E-state index is 10.7. The third-order valence-corrected chi connectivity index (χ3v) is 1.07. The summed E-state index contributed by atoms with van der Waals surface area (Å²) < 4.78 is 0. The Balaban J connectivity index is 4.17. The summed E-state index contributed by atoms with van der Waals surface area (Å²) in [6.45, 7) is 1.51. The van der Waals surface area contributed by atoms with Gasteiger partial charge in [0.2, 0.25) is 5.91 Å². The molecule has 0 saturated carbocycles. The van der Waals surface area contributed by atoms with Crippen molar-refractivity contribution in [3.8, 4) is 6.07 Å². The van der Waals surface area contributed by atoms with Crippen LogP contribution in [0.2, 0.25) is 0 Å². The summed E-state index contributed by atoms with van der Waals surface area (Å²) in [5.41, 5.74) is 0. The molecule has 0 fully saturated rings. The van der Waals surface area contributed by atoms with E-state index in [0.717, 1.165) is 0 Å². The lowest BCUT2D eigenvalue weighted by Gasteiger charge is -2.19. The highest BCUT2D eigenvalue weighted by Gasteiger charge is 2.10. The Kier molecular flexibility index (Phi) is 3.67. The average molecular weight is 155 g/mol. The molecule has 0 atom stereocenters. The van der Waals surface area contributed by atoms with Crippen molar-refractivity contribution in [1.82, 2.24) is 4.90 Å². The molecule has 2 amide bonds. The molecule has 11 heavy (non-hydrogen) atoms. The minimum atomic E-state index is -1.56. The molecule has 0 aromatic rings. The highest BCUT2D eigenvalue weighted by atomic mass is 16.4. The van der Waals surface area contributed by atoms with E-state index in [0.29, 0.717) is 4.90 Å². The fourth-order valence-electron chi connectivity index (χ4n) is 0.570. The van der Waals surface area contributed by atoms with Gasteiger partial charge in [0.1, 0.15) is 12.5 Å². The fraction of sp³-hybridized carbons (Fsp3) is 0.500. The number of carbonyl (C=O) groups excluding carboxylic acids is 2. The van der Waals surface area contributed by atoms with Gasteiger partial charge in [0, 0.05) is 6.54 Å². The van der Waals surface area contributed by atoms with Crippen molar-refractivity contribution in [3.63, 3.8) is 0 Å². The van der Waals surface area contributed by atoms with Crippen molar-refractivity contribution in [2.75, 3.05) is 6.54 Å². The van der Waals surface area contributed by atoms with Gasteiger partial charge >= 0.3 is 0 Å². The Hall–Kier alpha value is -1.57. The summed E-state index contributed by atoms with van der Waals surface area (Å²) >= 11 is 0. The summed E-state index contributed by atoms with van der Waals surface area (Å²) in [5.74, 6) is -0.741. The second kappa shape index (κ2) is 4.28. The number of carboxylic acid groups (broad SMARTS) is 1. The van der Waals surface area contributed by atoms with Crippen LogP contribution in [0, 0.1) is 11.3 Å². The van der Waals surface area contributed by atoms with Crippen LogP contribution in [0.1, 0.15) is 13.3 Å². The number of hydrogen-bond acceptors (Lipinski definition) is 4. The number of rotatable bonds is 2. The summed E-state index contributed by atoms with van der Waals surface area (Å²) in [5, 5.41) is 18.2. The smallest absolute Gasteiger partial charge is 0.242 e. The van der Waals surface area contributed by atoms with E-state index >= 15 is 0 Å². The van der Waals surface area contributed by atoms with Crippen molar-refractivity contribution in [1.29, 1.82) is 5.26 Å². The van der Waals surface area contributed by atoms with Gasteiger partial charge in [-0.2, -0.15) is 5.26 Å². The number of nitrogens with zero attached hydrogens (tertiary/aromatic N) is 2. The Morgan fingerprint density at radius 2 is 2.18 bits per heavy atom. The zero-order chi connectivity index (χ0) is 8.85. The van der Waals surface area contributed by atoms with Crippen molar-refractivity contribution >= 4 is 12.0 Å². The first-order chi connectivity index (χ1) is 5.13. The minimum Gasteiger partial charge on any atom is -0.530 e. The van der Waals surface area contributed by atoms with Crippen LogP contribution in [-0.2, 0) is 4.79 Å². The molecule has 0 rings (SSSR count). The van der Waals surface area contributed by atoms with Crippen LogP contribution in [0.3, 0.4) is 0 Å². The molecule has 60 valence electrons. The molecule has 0 radical (unpaired) electrons. The summed E-state index contributed by atoms with van der Waals surface area (Å²) in [6.07, 6.45) is -1.99. The van der Waals surface area contributed by atoms with Crippen LogP contribution >= 0.6 is 0 Å². The van der Waals surface area contributed by atoms with Gasteiger partial charge in [-0.3, -0.25) is 9.69 Å². The van der Waals surface area contributed by atoms with E-state index in [1.807, 2.05) is 0 Å². The van der Waals surface area contributed by atoms with Gasteiger partial charge in [0.25, 0.3) is 0 Å². The molecule has 5 nitrogen and oxygen atoms in total. The first-order valence-electron chi connectivity index (χ1n) is 3.01. The molecule has 0 aromatic carbocycles. The van der Waals surface area contributed by atoms with Crippen LogP contribution < -0.4 is 5.11 Å². The lowest BCUT2D eigenvalue weighted by molar-refractivity contribution is -0.263. The topological polar surface area (TPSA) is 84.2 Å². The van der Waals surface area contributed by atoms with Crippen molar-refractivity contribution in [2.24, 2.45) is 0 Å². The molecule has 0 heterocycles. The molecule has 0 aliphatic carbocycles. The van der Waals surface area contributed by atoms with Gasteiger partial charge in [0.05, 0.1) is 6.07 Å². The van der Waals surface area contributed by atoms with Crippen LogP contribution in [0.25, 0.3) is 0 Å². The highest BCUT2D eigenvalue weighted by Crippen LogP contribution is 1.91. The molecule has 0 saturated heterocycles. The Morgan fingerprint density at radius 1 is 1.64 bits per heavy atom. The van der Waals surface area contributed by atoms with E-state index in [1.165, 1.54) is 6.92 Å². The van der Waals surface area contributed by atoms with Crippen molar-refractivity contribution in [2.45, 2.75) is 13.3 Å². The van der Waals surface area contributed by atoms with E-state index < -0.39 is 18.4 Å². The van der Waals surface area contributed by atoms with Gasteiger partial charge in [-0.05, 0) is 6.92 Å². The van der Waals surface area contributed by atoms with Crippen LogP contribution in [-0.4, -0.2) is 23.4 Å². The van der Waals surface area contributed by atoms with E-state index in [1.54, 1.807) is 6.07 Å². The normalized spacial score (nSPS) is 8.36. The molecule has 0 spiro atoms. The van der Waals surface area contributed by atoms with Crippen molar-refractivity contribution < 1.29 is 14.7 Å². The van der Waals surface area contributed by atoms with Crippen molar-refractivity contribution in [3.05, 3.63) is 0 Å². The largest absolute Gasteiger partial charge is 0.530 e. The second-order valence-electron chi connectivity index (χ2n) is 1.74. The van der Waals surface area contributed by atoms with Crippen LogP contribution in [0.15, 0.2) is 0 Å². The average Bonchev–Trinajstić information content (AvgIpc) is 1.88. The third-order valence-electron chi connectivity index (χ3n) is 1.07. The number of hydrogen-bond donors (Lipinski definition) is 0. The van der Waals surface area contributed by atoms with Gasteiger partial charge in [-0.15, -0.1) is 0 Å². The van der Waals surface area contributed by atoms with E-state index in [2.05, 4.69) is 0 Å². The van der Waals surface area contributed by atoms with E-state index in [9.17, 15) is 14.7 Å². The van der Waals surface area contributed by atoms with Gasteiger partial charge in [-0.25, -0.2) is 0 Å². The van der Waals surface area contributed by atoms with Gasteiger partial charge < -0.3 is 9.90 Å². The van der Waals surface area contributed by atoms with E-state index in [4.69, 9.17) is 5.26 Å². The summed E-state index contributed by atoms with van der Waals surface area (Å²) in [6, 6.07) is 1.55. The van der Waals surface area contributed by atoms with Gasteiger partial charge in [0.15, 0.2) is 0 Å². The molecule has 0 aliphatic heterocycles. The SMILES string of the molecule is CCN(C(=O)[O-])C(=O)CC#N. The maximum Gasteiger partial charge on any atom is 0.242 e. The predicted octanol–water partition coefficient (Wildman–Crippen LogP) is -0.908. The molecule has 0 bridgehead atoms. The fourth-order valence-corrected chi connectivity index (χ4v) is 0.570. The first-order valence-corrected chi connectivity index (χ1v) is 3.01. The molecule has 0 aromatic heterocycles. The number of nitriles is 1. The number of amides is 2. The highest BCUT2D eigenvalue weighted by molar-refractivity contribution is 5.91. The standard InChI is InChI=1S/C6H8N2O3/c1-2-8(6(10)11)5(9)3-4-7/h2-3H2,1H3,(H,10,11)/p-1. The molecule has 0 aliphatic rings. The quantitative estimate of drug-likeness (QED) is 0.516. The van der Waals surface area contributed by atoms with E-state index in [-0.39, 0.29) is 6.54 Å². The second-order valence-corrected chi connectivity index (χ2v) is 1.74. The van der Waals surface area contributed by atoms with Crippen LogP contribution in [0.5, 0.6) is 0 Å². The Bertz CT molecular complexity index is 206. The monoisotopic (exact) mass is 155 g/mol. The Morgan fingerprint density at radius 3 is 2.45 bits per heavy atom. The zero-order valence-corrected chi connectivity index (χ0v) is 6.03. The first kappa shape index (κ1) is 9.43. The summed E-state index contributed by atoms with van der Waals surface area (Å²) in [7, 11) is 0. The van der Waals surface area contributed by atoms with Crippen LogP contribution in [0.4, 0.5) is 4.79 Å². The zero-order valence-electron chi connectivity index (χ0n) is 6.03. The minimum absolute atomic E-state index is 0.0167. The lowest BCUT2D eigenvalue weighted by atomic mass is 10.4. The lowest BCUT2D eigenvalue weighted by Crippen LogP contribution is -2.44. The third kappa shape index (κ3) is 2.67. The molecular weight excluding hydrogens is 148 g/mol. The number of carbonyl (C=O) groups is 2.